The fraction of sp³-hybridized carbons (Fsp3) is 0.500. The van der Waals surface area contributed by atoms with Crippen molar-refractivity contribution in [2.24, 2.45) is 5.73 Å². The number of carbonyl (C=O) groups excluding carboxylic acids is 1. The van der Waals surface area contributed by atoms with Crippen LogP contribution in [0, 0.1) is 11.6 Å². The van der Waals surface area contributed by atoms with Crippen molar-refractivity contribution in [1.82, 2.24) is 5.32 Å². The van der Waals surface area contributed by atoms with Crippen molar-refractivity contribution in [3.63, 3.8) is 0 Å². The van der Waals surface area contributed by atoms with Crippen LogP contribution in [-0.4, -0.2) is 18.0 Å². The summed E-state index contributed by atoms with van der Waals surface area (Å²) in [5.74, 6) is -1.48. The molecule has 0 aliphatic heterocycles. The van der Waals surface area contributed by atoms with E-state index >= 15 is 0 Å². The average molecular weight is 270 g/mol. The maximum absolute atomic E-state index is 13.5. The average Bonchev–Trinajstić information content (AvgIpc) is 2.34. The summed E-state index contributed by atoms with van der Waals surface area (Å²) in [4.78, 5) is 11.7. The second-order valence-electron chi connectivity index (χ2n) is 4.71. The van der Waals surface area contributed by atoms with Crippen molar-refractivity contribution in [3.8, 4) is 0 Å². The number of nitrogens with two attached hydrogens (primary N) is 1. The lowest BCUT2D eigenvalue weighted by molar-refractivity contribution is -0.123. The minimum Gasteiger partial charge on any atom is -0.352 e. The quantitative estimate of drug-likeness (QED) is 0.832. The third-order valence-corrected chi connectivity index (χ3v) is 2.90. The lowest BCUT2D eigenvalue weighted by Gasteiger charge is -2.17. The van der Waals surface area contributed by atoms with Gasteiger partial charge in [-0.1, -0.05) is 19.4 Å². The molecule has 2 atom stereocenters. The highest BCUT2D eigenvalue weighted by Crippen LogP contribution is 2.14. The normalized spacial score (nSPS) is 13.9. The molecule has 0 saturated heterocycles. The monoisotopic (exact) mass is 270 g/mol. The predicted molar refractivity (Wildman–Crippen MR) is 70.6 cm³/mol. The van der Waals surface area contributed by atoms with Crippen LogP contribution in [0.25, 0.3) is 0 Å². The second-order valence-corrected chi connectivity index (χ2v) is 4.71. The Morgan fingerprint density at radius 1 is 1.37 bits per heavy atom. The molecule has 0 aromatic heterocycles. The van der Waals surface area contributed by atoms with Gasteiger partial charge < -0.3 is 11.1 Å². The first kappa shape index (κ1) is 15.6. The number of hydrogen-bond donors (Lipinski definition) is 2. The maximum Gasteiger partial charge on any atom is 0.237 e. The van der Waals surface area contributed by atoms with Crippen molar-refractivity contribution in [1.29, 1.82) is 0 Å². The molecular formula is C14H20F2N2O. The number of halogens is 2. The van der Waals surface area contributed by atoms with Crippen LogP contribution < -0.4 is 11.1 Å². The van der Waals surface area contributed by atoms with Crippen LogP contribution in [0.2, 0.25) is 0 Å². The molecule has 1 aromatic carbocycles. The summed E-state index contributed by atoms with van der Waals surface area (Å²) in [5.41, 5.74) is 5.65. The van der Waals surface area contributed by atoms with Crippen molar-refractivity contribution < 1.29 is 13.6 Å². The summed E-state index contributed by atoms with van der Waals surface area (Å²) in [6.07, 6.45) is 1.50. The third-order valence-electron chi connectivity index (χ3n) is 2.90. The smallest absolute Gasteiger partial charge is 0.237 e. The Morgan fingerprint density at radius 3 is 2.47 bits per heavy atom. The molecule has 0 aliphatic carbocycles. The molecule has 0 heterocycles. The van der Waals surface area contributed by atoms with Crippen LogP contribution in [0.4, 0.5) is 8.78 Å². The van der Waals surface area contributed by atoms with Gasteiger partial charge in [-0.25, -0.2) is 8.78 Å². The molecule has 0 bridgehead atoms. The SMILES string of the molecule is CCC[C@H](N)C(=O)NC(C)Cc1c(F)cccc1F. The first-order valence-electron chi connectivity index (χ1n) is 6.44. The molecule has 1 amide bonds. The van der Waals surface area contributed by atoms with Crippen molar-refractivity contribution in [2.75, 3.05) is 0 Å². The largest absolute Gasteiger partial charge is 0.352 e. The molecule has 1 aromatic rings. The third kappa shape index (κ3) is 4.59. The molecule has 0 aliphatic rings. The lowest BCUT2D eigenvalue weighted by atomic mass is 10.0. The Morgan fingerprint density at radius 2 is 1.95 bits per heavy atom. The topological polar surface area (TPSA) is 55.1 Å². The number of carbonyl (C=O) groups is 1. The molecule has 0 radical (unpaired) electrons. The van der Waals surface area contributed by atoms with E-state index in [4.69, 9.17) is 5.73 Å². The van der Waals surface area contributed by atoms with Crippen LogP contribution >= 0.6 is 0 Å². The fourth-order valence-electron chi connectivity index (χ4n) is 1.88. The zero-order valence-electron chi connectivity index (χ0n) is 11.2. The van der Waals surface area contributed by atoms with E-state index in [-0.39, 0.29) is 23.9 Å². The van der Waals surface area contributed by atoms with Gasteiger partial charge in [0.05, 0.1) is 6.04 Å². The Balaban J connectivity index is 2.60. The molecule has 3 N–H and O–H groups in total. The standard InChI is InChI=1S/C14H20F2N2O/c1-3-5-13(17)14(19)18-9(2)8-10-11(15)6-4-7-12(10)16/h4,6-7,9,13H,3,5,8,17H2,1-2H3,(H,18,19)/t9?,13-/m0/s1. The first-order chi connectivity index (χ1) is 8.95. The van der Waals surface area contributed by atoms with Gasteiger partial charge in [0.1, 0.15) is 11.6 Å². The lowest BCUT2D eigenvalue weighted by Crippen LogP contribution is -2.45. The van der Waals surface area contributed by atoms with E-state index in [0.29, 0.717) is 6.42 Å². The molecule has 1 rings (SSSR count). The number of hydrogen-bond acceptors (Lipinski definition) is 2. The fourth-order valence-corrected chi connectivity index (χ4v) is 1.88. The van der Waals surface area contributed by atoms with Gasteiger partial charge in [-0.15, -0.1) is 0 Å². The van der Waals surface area contributed by atoms with Crippen molar-refractivity contribution in [3.05, 3.63) is 35.4 Å². The second kappa shape index (κ2) is 7.19. The maximum atomic E-state index is 13.5. The van der Waals surface area contributed by atoms with Crippen LogP contribution in [0.1, 0.15) is 32.3 Å². The van der Waals surface area contributed by atoms with Crippen LogP contribution in [0.15, 0.2) is 18.2 Å². The minimum absolute atomic E-state index is 0.0145. The van der Waals surface area contributed by atoms with E-state index in [1.807, 2.05) is 6.92 Å². The van der Waals surface area contributed by atoms with Gasteiger partial charge in [0.2, 0.25) is 5.91 Å². The van der Waals surface area contributed by atoms with Crippen LogP contribution in [0.3, 0.4) is 0 Å². The Bertz CT molecular complexity index is 417. The summed E-state index contributed by atoms with van der Waals surface area (Å²) in [5, 5.41) is 2.67. The molecule has 3 nitrogen and oxygen atoms in total. The zero-order valence-corrected chi connectivity index (χ0v) is 11.2. The highest BCUT2D eigenvalue weighted by molar-refractivity contribution is 5.81. The molecule has 0 saturated carbocycles. The van der Waals surface area contributed by atoms with Gasteiger partial charge >= 0.3 is 0 Å². The summed E-state index contributed by atoms with van der Waals surface area (Å²) in [6, 6.07) is 2.78. The molecule has 1 unspecified atom stereocenters. The van der Waals surface area contributed by atoms with Gasteiger partial charge in [-0.05, 0) is 31.9 Å². The summed E-state index contributed by atoms with van der Waals surface area (Å²) >= 11 is 0. The van der Waals surface area contributed by atoms with Crippen LogP contribution in [-0.2, 0) is 11.2 Å². The van der Waals surface area contributed by atoms with Crippen molar-refractivity contribution in [2.45, 2.75) is 45.2 Å². The zero-order chi connectivity index (χ0) is 14.4. The van der Waals surface area contributed by atoms with Gasteiger partial charge in [0.15, 0.2) is 0 Å². The first-order valence-corrected chi connectivity index (χ1v) is 6.44. The van der Waals surface area contributed by atoms with Crippen LogP contribution in [0.5, 0.6) is 0 Å². The van der Waals surface area contributed by atoms with E-state index in [2.05, 4.69) is 5.32 Å². The highest BCUT2D eigenvalue weighted by Gasteiger charge is 2.17. The Labute approximate surface area is 112 Å². The number of benzene rings is 1. The molecule has 5 heteroatoms. The molecular weight excluding hydrogens is 250 g/mol. The number of rotatable bonds is 6. The van der Waals surface area contributed by atoms with E-state index in [1.165, 1.54) is 18.2 Å². The van der Waals surface area contributed by atoms with Crippen molar-refractivity contribution >= 4 is 5.91 Å². The predicted octanol–water partition coefficient (Wildman–Crippen LogP) is 2.14. The summed E-state index contributed by atoms with van der Waals surface area (Å²) < 4.78 is 26.9. The Hall–Kier alpha value is -1.49. The molecule has 106 valence electrons. The molecule has 0 fully saturated rings. The highest BCUT2D eigenvalue weighted by atomic mass is 19.1. The van der Waals surface area contributed by atoms with Gasteiger partial charge in [0.25, 0.3) is 0 Å². The van der Waals surface area contributed by atoms with E-state index < -0.39 is 17.7 Å². The number of amides is 1. The van der Waals surface area contributed by atoms with E-state index in [9.17, 15) is 13.6 Å². The summed E-state index contributed by atoms with van der Waals surface area (Å²) in [7, 11) is 0. The van der Waals surface area contributed by atoms with E-state index in [0.717, 1.165) is 6.42 Å². The molecule has 0 spiro atoms. The molecule has 19 heavy (non-hydrogen) atoms. The number of nitrogens with one attached hydrogen (secondary N) is 1. The van der Waals surface area contributed by atoms with E-state index in [1.54, 1.807) is 6.92 Å². The Kier molecular flexibility index (Phi) is 5.89. The summed E-state index contributed by atoms with van der Waals surface area (Å²) in [6.45, 7) is 3.63. The van der Waals surface area contributed by atoms with Gasteiger partial charge in [0, 0.05) is 11.6 Å². The van der Waals surface area contributed by atoms with Gasteiger partial charge in [-0.2, -0.15) is 0 Å². The van der Waals surface area contributed by atoms with Gasteiger partial charge in [-0.3, -0.25) is 4.79 Å². The minimum atomic E-state index is -0.598.